The monoisotopic (exact) mass is 391 g/mol. The number of benzene rings is 2. The number of nitrogens with two attached hydrogens (primary N) is 1. The molecule has 3 aromatic rings. The number of amidine groups is 1. The smallest absolute Gasteiger partial charge is 0.290 e. The van der Waals surface area contributed by atoms with Crippen LogP contribution in [0.1, 0.15) is 11.1 Å². The third kappa shape index (κ3) is 4.19. The molecule has 1 atom stereocenters. The second-order valence-electron chi connectivity index (χ2n) is 6.26. The second kappa shape index (κ2) is 8.88. The van der Waals surface area contributed by atoms with E-state index in [2.05, 4.69) is 28.2 Å². The Balaban J connectivity index is 0.000000755. The fraction of sp³-hybridized carbons (Fsp3) is 0.136. The molecular weight excluding hydrogens is 370 g/mol. The summed E-state index contributed by atoms with van der Waals surface area (Å²) in [5, 5.41) is 6.89. The van der Waals surface area contributed by atoms with Crippen molar-refractivity contribution in [3.63, 3.8) is 0 Å². The van der Waals surface area contributed by atoms with E-state index in [9.17, 15) is 0 Å². The largest absolute Gasteiger partial charge is 0.497 e. The van der Waals surface area contributed by atoms with Crippen LogP contribution >= 0.6 is 0 Å². The first-order valence-electron chi connectivity index (χ1n) is 8.84. The van der Waals surface area contributed by atoms with Crippen molar-refractivity contribution in [2.24, 2.45) is 10.7 Å². The molecule has 2 heterocycles. The average molecular weight is 391 g/mol. The van der Waals surface area contributed by atoms with Gasteiger partial charge in [-0.2, -0.15) is 0 Å². The molecule has 29 heavy (non-hydrogen) atoms. The number of nitrogens with zero attached hydrogens (tertiary/aromatic N) is 2. The summed E-state index contributed by atoms with van der Waals surface area (Å²) >= 11 is 0. The Morgan fingerprint density at radius 1 is 1.10 bits per heavy atom. The molecule has 1 aromatic heterocycles. The molecule has 1 unspecified atom stereocenters. The fourth-order valence-corrected chi connectivity index (χ4v) is 3.25. The highest BCUT2D eigenvalue weighted by Crippen LogP contribution is 2.39. The van der Waals surface area contributed by atoms with Gasteiger partial charge < -0.3 is 20.3 Å². The predicted octanol–water partition coefficient (Wildman–Crippen LogP) is 3.05. The van der Waals surface area contributed by atoms with Gasteiger partial charge in [-0.05, 0) is 46.5 Å². The summed E-state index contributed by atoms with van der Waals surface area (Å²) in [6.07, 6.45) is 3.62. The molecule has 0 aliphatic carbocycles. The number of methoxy groups -OCH3 is 1. The summed E-state index contributed by atoms with van der Waals surface area (Å²) in [6.45, 7) is 0.113. The number of rotatable bonds is 4. The highest BCUT2D eigenvalue weighted by molar-refractivity contribution is 5.75. The van der Waals surface area contributed by atoms with Gasteiger partial charge in [-0.1, -0.05) is 36.4 Å². The minimum atomic E-state index is -0.672. The van der Waals surface area contributed by atoms with Gasteiger partial charge in [0.1, 0.15) is 12.4 Å². The van der Waals surface area contributed by atoms with E-state index in [1.807, 2.05) is 48.7 Å². The lowest BCUT2D eigenvalue weighted by atomic mass is 9.83. The number of aliphatic imine (C=N–C) groups is 1. The van der Waals surface area contributed by atoms with Gasteiger partial charge in [0, 0.05) is 12.4 Å². The van der Waals surface area contributed by atoms with E-state index in [1.165, 1.54) is 0 Å². The minimum Gasteiger partial charge on any atom is -0.497 e. The lowest BCUT2D eigenvalue weighted by Crippen LogP contribution is -2.27. The Morgan fingerprint density at radius 3 is 2.41 bits per heavy atom. The molecule has 0 amide bonds. The Labute approximate surface area is 168 Å². The van der Waals surface area contributed by atoms with Gasteiger partial charge in [-0.15, -0.1) is 0 Å². The molecule has 7 nitrogen and oxygen atoms in total. The fourth-order valence-electron chi connectivity index (χ4n) is 3.25. The third-order valence-electron chi connectivity index (χ3n) is 4.63. The molecule has 1 aliphatic heterocycles. The summed E-state index contributed by atoms with van der Waals surface area (Å²) < 4.78 is 10.8. The molecule has 1 aliphatic rings. The van der Waals surface area contributed by atoms with Gasteiger partial charge in [0.2, 0.25) is 0 Å². The summed E-state index contributed by atoms with van der Waals surface area (Å²) in [5.41, 5.74) is 9.36. The summed E-state index contributed by atoms with van der Waals surface area (Å²) in [6, 6.07) is 20.3. The molecular formula is C22H21N3O4. The maximum atomic E-state index is 8.36. The van der Waals surface area contributed by atoms with Gasteiger partial charge in [-0.25, -0.2) is 4.99 Å². The van der Waals surface area contributed by atoms with Crippen LogP contribution in [-0.4, -0.2) is 36.3 Å². The van der Waals surface area contributed by atoms with E-state index >= 15 is 0 Å². The van der Waals surface area contributed by atoms with Crippen molar-refractivity contribution >= 4 is 12.5 Å². The topological polar surface area (TPSA) is 107 Å². The van der Waals surface area contributed by atoms with Crippen LogP contribution in [0.25, 0.3) is 11.1 Å². The molecule has 4 rings (SSSR count). The van der Waals surface area contributed by atoms with Crippen molar-refractivity contribution in [2.45, 2.75) is 5.54 Å². The lowest BCUT2D eigenvalue weighted by molar-refractivity contribution is -0.122. The Kier molecular flexibility index (Phi) is 6.09. The van der Waals surface area contributed by atoms with Crippen LogP contribution in [0.15, 0.2) is 78.0 Å². The van der Waals surface area contributed by atoms with E-state index in [0.717, 1.165) is 28.0 Å². The van der Waals surface area contributed by atoms with Gasteiger partial charge >= 0.3 is 0 Å². The van der Waals surface area contributed by atoms with Crippen LogP contribution in [0.3, 0.4) is 0 Å². The van der Waals surface area contributed by atoms with E-state index in [0.29, 0.717) is 6.61 Å². The molecule has 0 spiro atoms. The number of pyridine rings is 1. The molecule has 0 radical (unpaired) electrons. The lowest BCUT2D eigenvalue weighted by Gasteiger charge is -2.26. The van der Waals surface area contributed by atoms with Crippen molar-refractivity contribution in [3.05, 3.63) is 84.2 Å². The third-order valence-corrected chi connectivity index (χ3v) is 4.63. The first-order chi connectivity index (χ1) is 14.1. The number of carbonyl (C=O) groups is 1. The van der Waals surface area contributed by atoms with E-state index in [1.54, 1.807) is 13.3 Å². The van der Waals surface area contributed by atoms with Crippen molar-refractivity contribution in [1.82, 2.24) is 4.98 Å². The van der Waals surface area contributed by atoms with Gasteiger partial charge in [-0.3, -0.25) is 9.78 Å². The SMILES string of the molecule is COc1ccc(C2(c3cccc(-c4cccnc4)c3)COC(N)=N2)cc1.O=CO. The Bertz CT molecular complexity index is 990. The molecule has 0 bridgehead atoms. The number of hydrogen-bond donors (Lipinski definition) is 2. The first-order valence-corrected chi connectivity index (χ1v) is 8.84. The normalized spacial score (nSPS) is 17.3. The molecule has 2 aromatic carbocycles. The standard InChI is InChI=1S/C21H19N3O2.CH2O2/c1-25-19-9-7-17(8-10-19)21(14-26-20(22)24-21)18-6-2-4-15(12-18)16-5-3-11-23-13-16;2-1-3/h2-13H,14H2,1H3,(H2,22,24);1H,(H,2,3). The zero-order valence-electron chi connectivity index (χ0n) is 15.9. The highest BCUT2D eigenvalue weighted by atomic mass is 16.5. The zero-order chi connectivity index (χ0) is 20.7. The number of aromatic nitrogens is 1. The van der Waals surface area contributed by atoms with E-state index in [4.69, 9.17) is 25.1 Å². The number of ether oxygens (including phenoxy) is 2. The van der Waals surface area contributed by atoms with E-state index < -0.39 is 5.54 Å². The summed E-state index contributed by atoms with van der Waals surface area (Å²) in [7, 11) is 1.65. The minimum absolute atomic E-state index is 0.201. The summed E-state index contributed by atoms with van der Waals surface area (Å²) in [4.78, 5) is 17.2. The van der Waals surface area contributed by atoms with Gasteiger partial charge in [0.25, 0.3) is 12.5 Å². The van der Waals surface area contributed by atoms with E-state index in [-0.39, 0.29) is 12.5 Å². The predicted molar refractivity (Wildman–Crippen MR) is 110 cm³/mol. The van der Waals surface area contributed by atoms with Gasteiger partial charge in [0.05, 0.1) is 7.11 Å². The van der Waals surface area contributed by atoms with Crippen molar-refractivity contribution in [3.8, 4) is 16.9 Å². The Morgan fingerprint density at radius 2 is 1.83 bits per heavy atom. The zero-order valence-corrected chi connectivity index (χ0v) is 15.9. The van der Waals surface area contributed by atoms with Crippen molar-refractivity contribution < 1.29 is 19.4 Å². The maximum absolute atomic E-state index is 8.36. The average Bonchev–Trinajstić information content (AvgIpc) is 3.18. The maximum Gasteiger partial charge on any atom is 0.290 e. The quantitative estimate of drug-likeness (QED) is 0.662. The highest BCUT2D eigenvalue weighted by Gasteiger charge is 2.40. The molecule has 0 saturated carbocycles. The van der Waals surface area contributed by atoms with Crippen LogP contribution in [0.4, 0.5) is 0 Å². The van der Waals surface area contributed by atoms with Crippen LogP contribution < -0.4 is 10.5 Å². The van der Waals surface area contributed by atoms with Crippen LogP contribution in [0.2, 0.25) is 0 Å². The number of hydrogen-bond acceptors (Lipinski definition) is 6. The molecule has 3 N–H and O–H groups in total. The van der Waals surface area contributed by atoms with Gasteiger partial charge in [0.15, 0.2) is 5.54 Å². The van der Waals surface area contributed by atoms with Crippen LogP contribution in [0.5, 0.6) is 5.75 Å². The molecule has 148 valence electrons. The van der Waals surface area contributed by atoms with Crippen LogP contribution in [0, 0.1) is 0 Å². The van der Waals surface area contributed by atoms with Crippen molar-refractivity contribution in [2.75, 3.05) is 13.7 Å². The first kappa shape index (κ1) is 19.9. The van der Waals surface area contributed by atoms with Crippen molar-refractivity contribution in [1.29, 1.82) is 0 Å². The molecule has 7 heteroatoms. The summed E-state index contributed by atoms with van der Waals surface area (Å²) in [5.74, 6) is 0.795. The molecule has 0 fully saturated rings. The Hall–Kier alpha value is -3.87. The second-order valence-corrected chi connectivity index (χ2v) is 6.26. The van der Waals surface area contributed by atoms with Crippen LogP contribution in [-0.2, 0) is 15.1 Å². The number of carboxylic acid groups (broad SMARTS) is 1. The molecule has 0 saturated heterocycles.